The lowest BCUT2D eigenvalue weighted by atomic mass is 9.84. The third kappa shape index (κ3) is 3.75. The van der Waals surface area contributed by atoms with Crippen molar-refractivity contribution in [2.75, 3.05) is 23.8 Å². The van der Waals surface area contributed by atoms with Crippen LogP contribution in [-0.2, 0) is 11.3 Å². The lowest BCUT2D eigenvalue weighted by molar-refractivity contribution is -0.152. The van der Waals surface area contributed by atoms with Crippen LogP contribution in [-0.4, -0.2) is 35.4 Å². The molecule has 0 saturated carbocycles. The number of nitrogen functional groups attached to an aromatic ring is 1. The fraction of sp³-hybridized carbons (Fsp3) is 0.350. The average Bonchev–Trinajstić information content (AvgIpc) is 2.63. The van der Waals surface area contributed by atoms with E-state index in [-0.39, 0.29) is 12.5 Å². The molecule has 3 rings (SSSR count). The summed E-state index contributed by atoms with van der Waals surface area (Å²) in [6.07, 6.45) is -0.128. The summed E-state index contributed by atoms with van der Waals surface area (Å²) >= 11 is 0. The molecular weight excluding hydrogens is 332 g/mol. The molecule has 1 aliphatic heterocycles. The summed E-state index contributed by atoms with van der Waals surface area (Å²) in [6, 6.07) is 15.5. The van der Waals surface area contributed by atoms with E-state index in [0.717, 1.165) is 11.3 Å². The molecule has 0 aromatic heterocycles. The summed E-state index contributed by atoms with van der Waals surface area (Å²) in [7, 11) is 0. The number of carboxylic acids is 1. The molecule has 2 aromatic rings. The number of aliphatic hydroxyl groups is 1. The number of aliphatic hydroxyl groups excluding tert-OH is 1. The van der Waals surface area contributed by atoms with E-state index in [1.165, 1.54) is 0 Å². The molecule has 1 unspecified atom stereocenters. The van der Waals surface area contributed by atoms with Crippen molar-refractivity contribution in [2.24, 2.45) is 5.41 Å². The van der Waals surface area contributed by atoms with E-state index in [2.05, 4.69) is 4.90 Å². The third-order valence-electron chi connectivity index (χ3n) is 4.80. The highest BCUT2D eigenvalue weighted by Gasteiger charge is 2.38. The zero-order valence-corrected chi connectivity index (χ0v) is 14.8. The molecule has 26 heavy (non-hydrogen) atoms. The van der Waals surface area contributed by atoms with E-state index in [1.807, 2.05) is 42.5 Å². The Bertz CT molecular complexity index is 781. The van der Waals surface area contributed by atoms with Gasteiger partial charge in [0.25, 0.3) is 0 Å². The van der Waals surface area contributed by atoms with Crippen molar-refractivity contribution in [2.45, 2.75) is 26.0 Å². The first kappa shape index (κ1) is 18.1. The largest absolute Gasteiger partial charge is 0.486 e. The summed E-state index contributed by atoms with van der Waals surface area (Å²) in [5.74, 6) is -0.349. The summed E-state index contributed by atoms with van der Waals surface area (Å²) in [4.78, 5) is 13.7. The number of nitrogens with two attached hydrogens (primary N) is 1. The molecule has 0 spiro atoms. The molecule has 0 radical (unpaired) electrons. The standard InChI is InChI=1S/C20H24N2O4/c1-20(13-23,19(24)25)10-16-12-22(11-14-5-3-2-4-6-14)17-9-15(21)7-8-18(17)26-16/h2-9,16,23H,10-13,21H2,1H3,(H,24,25)/t16-,20?/m0/s1. The topological polar surface area (TPSA) is 96.0 Å². The lowest BCUT2D eigenvalue weighted by Gasteiger charge is -2.39. The number of hydrogen-bond acceptors (Lipinski definition) is 5. The van der Waals surface area contributed by atoms with Gasteiger partial charge < -0.3 is 25.6 Å². The van der Waals surface area contributed by atoms with Crippen molar-refractivity contribution in [1.29, 1.82) is 0 Å². The summed E-state index contributed by atoms with van der Waals surface area (Å²) < 4.78 is 6.03. The second kappa shape index (κ2) is 7.25. The number of hydrogen-bond donors (Lipinski definition) is 3. The van der Waals surface area contributed by atoms with Crippen LogP contribution in [0.1, 0.15) is 18.9 Å². The minimum Gasteiger partial charge on any atom is -0.486 e. The van der Waals surface area contributed by atoms with Crippen LogP contribution in [0.5, 0.6) is 5.75 Å². The number of nitrogens with zero attached hydrogens (tertiary/aromatic N) is 1. The Kier molecular flexibility index (Phi) is 5.04. The number of benzene rings is 2. The van der Waals surface area contributed by atoms with Crippen molar-refractivity contribution < 1.29 is 19.7 Å². The van der Waals surface area contributed by atoms with Crippen LogP contribution in [0.2, 0.25) is 0 Å². The van der Waals surface area contributed by atoms with Crippen molar-refractivity contribution in [3.8, 4) is 5.75 Å². The van der Waals surface area contributed by atoms with Gasteiger partial charge in [-0.1, -0.05) is 30.3 Å². The maximum absolute atomic E-state index is 11.5. The summed E-state index contributed by atoms with van der Waals surface area (Å²) in [6.45, 7) is 2.29. The number of fused-ring (bicyclic) bond motifs is 1. The molecule has 6 heteroatoms. The number of aliphatic carboxylic acids is 1. The van der Waals surface area contributed by atoms with Gasteiger partial charge in [-0.05, 0) is 30.7 Å². The third-order valence-corrected chi connectivity index (χ3v) is 4.80. The smallest absolute Gasteiger partial charge is 0.311 e. The van der Waals surface area contributed by atoms with E-state index < -0.39 is 18.0 Å². The molecule has 1 heterocycles. The Balaban J connectivity index is 1.88. The van der Waals surface area contributed by atoms with E-state index in [4.69, 9.17) is 10.5 Å². The molecule has 4 N–H and O–H groups in total. The van der Waals surface area contributed by atoms with Gasteiger partial charge in [-0.25, -0.2) is 0 Å². The van der Waals surface area contributed by atoms with Gasteiger partial charge in [0, 0.05) is 18.7 Å². The Morgan fingerprint density at radius 2 is 2.04 bits per heavy atom. The predicted molar refractivity (Wildman–Crippen MR) is 100 cm³/mol. The molecular formula is C20H24N2O4. The molecule has 0 saturated heterocycles. The number of carbonyl (C=O) groups is 1. The average molecular weight is 356 g/mol. The van der Waals surface area contributed by atoms with Crippen molar-refractivity contribution in [3.63, 3.8) is 0 Å². The molecule has 1 aliphatic rings. The minimum absolute atomic E-state index is 0.216. The molecule has 0 aliphatic carbocycles. The van der Waals surface area contributed by atoms with Gasteiger partial charge in [0.1, 0.15) is 11.9 Å². The Morgan fingerprint density at radius 1 is 1.31 bits per heavy atom. The van der Waals surface area contributed by atoms with Gasteiger partial charge in [-0.15, -0.1) is 0 Å². The quantitative estimate of drug-likeness (QED) is 0.688. The van der Waals surface area contributed by atoms with Crippen LogP contribution in [0.15, 0.2) is 48.5 Å². The zero-order valence-electron chi connectivity index (χ0n) is 14.8. The zero-order chi connectivity index (χ0) is 18.7. The highest BCUT2D eigenvalue weighted by atomic mass is 16.5. The first-order valence-corrected chi connectivity index (χ1v) is 8.60. The molecule has 0 fully saturated rings. The fourth-order valence-corrected chi connectivity index (χ4v) is 3.22. The number of rotatable bonds is 6. The molecule has 0 amide bonds. The van der Waals surface area contributed by atoms with E-state index in [0.29, 0.717) is 24.5 Å². The predicted octanol–water partition coefficient (Wildman–Crippen LogP) is 2.51. The Morgan fingerprint density at radius 3 is 2.69 bits per heavy atom. The molecule has 0 bridgehead atoms. The maximum atomic E-state index is 11.5. The monoisotopic (exact) mass is 356 g/mol. The Hall–Kier alpha value is -2.73. The first-order chi connectivity index (χ1) is 12.4. The van der Waals surface area contributed by atoms with Gasteiger partial charge in [0.15, 0.2) is 0 Å². The normalized spacial score (nSPS) is 18.5. The van der Waals surface area contributed by atoms with Gasteiger partial charge in [-0.3, -0.25) is 4.79 Å². The first-order valence-electron chi connectivity index (χ1n) is 8.60. The van der Waals surface area contributed by atoms with Gasteiger partial charge >= 0.3 is 5.97 Å². The summed E-state index contributed by atoms with van der Waals surface area (Å²) in [5.41, 5.74) is 7.39. The minimum atomic E-state index is -1.24. The van der Waals surface area contributed by atoms with Crippen LogP contribution in [0.25, 0.3) is 0 Å². The van der Waals surface area contributed by atoms with Gasteiger partial charge in [0.2, 0.25) is 0 Å². The van der Waals surface area contributed by atoms with E-state index in [9.17, 15) is 15.0 Å². The van der Waals surface area contributed by atoms with Crippen molar-refractivity contribution in [3.05, 3.63) is 54.1 Å². The fourth-order valence-electron chi connectivity index (χ4n) is 3.22. The molecule has 6 nitrogen and oxygen atoms in total. The maximum Gasteiger partial charge on any atom is 0.311 e. The molecule has 138 valence electrons. The van der Waals surface area contributed by atoms with Crippen LogP contribution < -0.4 is 15.4 Å². The van der Waals surface area contributed by atoms with E-state index >= 15 is 0 Å². The van der Waals surface area contributed by atoms with Crippen LogP contribution >= 0.6 is 0 Å². The van der Waals surface area contributed by atoms with Crippen LogP contribution in [0.3, 0.4) is 0 Å². The van der Waals surface area contributed by atoms with Crippen molar-refractivity contribution in [1.82, 2.24) is 0 Å². The van der Waals surface area contributed by atoms with Gasteiger partial charge in [-0.2, -0.15) is 0 Å². The van der Waals surface area contributed by atoms with E-state index in [1.54, 1.807) is 13.0 Å². The molecule has 2 atom stereocenters. The van der Waals surface area contributed by atoms with Crippen molar-refractivity contribution >= 4 is 17.3 Å². The Labute approximate surface area is 152 Å². The highest BCUT2D eigenvalue weighted by Crippen LogP contribution is 2.38. The highest BCUT2D eigenvalue weighted by molar-refractivity contribution is 5.74. The second-order valence-electron chi connectivity index (χ2n) is 7.06. The van der Waals surface area contributed by atoms with Crippen LogP contribution in [0, 0.1) is 5.41 Å². The second-order valence-corrected chi connectivity index (χ2v) is 7.06. The lowest BCUT2D eigenvalue weighted by Crippen LogP contribution is -2.45. The van der Waals surface area contributed by atoms with Crippen LogP contribution in [0.4, 0.5) is 11.4 Å². The number of carboxylic acid groups (broad SMARTS) is 1. The van der Waals surface area contributed by atoms with Gasteiger partial charge in [0.05, 0.1) is 24.3 Å². The number of anilines is 2. The molecule has 2 aromatic carbocycles. The SMILES string of the molecule is CC(CO)(C[C@H]1CN(Cc2ccccc2)c2cc(N)ccc2O1)C(=O)O. The number of ether oxygens (including phenoxy) is 1. The summed E-state index contributed by atoms with van der Waals surface area (Å²) in [5, 5.41) is 19.0.